The van der Waals surface area contributed by atoms with Gasteiger partial charge < -0.3 is 19.3 Å². The van der Waals surface area contributed by atoms with Gasteiger partial charge in [0, 0.05) is 31.0 Å². The molecule has 33 heavy (non-hydrogen) atoms. The third-order valence-corrected chi connectivity index (χ3v) is 6.72. The van der Waals surface area contributed by atoms with Crippen LogP contribution in [0.4, 0.5) is 5.95 Å². The summed E-state index contributed by atoms with van der Waals surface area (Å²) in [4.78, 5) is 16.3. The van der Waals surface area contributed by atoms with Gasteiger partial charge in [0.25, 0.3) is 0 Å². The Morgan fingerprint density at radius 3 is 2.64 bits per heavy atom. The van der Waals surface area contributed by atoms with Crippen molar-refractivity contribution < 1.29 is 9.84 Å². The molecule has 1 fully saturated rings. The Kier molecular flexibility index (Phi) is 5.28. The first-order valence-corrected chi connectivity index (χ1v) is 11.7. The Balaban J connectivity index is 1.34. The first-order chi connectivity index (χ1) is 16.3. The van der Waals surface area contributed by atoms with Gasteiger partial charge in [0.2, 0.25) is 5.95 Å². The van der Waals surface area contributed by atoms with E-state index in [4.69, 9.17) is 9.72 Å². The lowest BCUT2D eigenvalue weighted by molar-refractivity contribution is 0.0679. The van der Waals surface area contributed by atoms with Gasteiger partial charge in [0.1, 0.15) is 12.4 Å². The molecule has 1 N–H and O–H groups in total. The Labute approximate surface area is 192 Å². The molecule has 7 heteroatoms. The number of aliphatic hydroxyl groups is 1. The molecule has 2 aliphatic rings. The third kappa shape index (κ3) is 3.87. The quantitative estimate of drug-likeness (QED) is 0.519. The Hall–Kier alpha value is -3.29. The maximum atomic E-state index is 9.91. The van der Waals surface area contributed by atoms with Gasteiger partial charge in [-0.1, -0.05) is 36.4 Å². The monoisotopic (exact) mass is 441 g/mol. The van der Waals surface area contributed by atoms with Gasteiger partial charge in [0.05, 0.1) is 29.8 Å². The number of nitrogens with zero attached hydrogens (tertiary/aromatic N) is 5. The van der Waals surface area contributed by atoms with Crippen molar-refractivity contribution in [1.29, 1.82) is 0 Å². The van der Waals surface area contributed by atoms with Crippen molar-refractivity contribution >= 4 is 17.0 Å². The van der Waals surface area contributed by atoms with E-state index in [1.54, 1.807) is 0 Å². The maximum Gasteiger partial charge on any atom is 0.225 e. The number of ether oxygens (including phenoxy) is 1. The molecule has 2 aliphatic heterocycles. The van der Waals surface area contributed by atoms with E-state index in [2.05, 4.69) is 61.9 Å². The first-order valence-electron chi connectivity index (χ1n) is 11.7. The number of hydrogen-bond donors (Lipinski definition) is 1. The number of hydrogen-bond acceptors (Lipinski definition) is 6. The summed E-state index contributed by atoms with van der Waals surface area (Å²) in [6, 6.07) is 16.9. The highest BCUT2D eigenvalue weighted by Gasteiger charge is 2.25. The van der Waals surface area contributed by atoms with Crippen molar-refractivity contribution in [3.63, 3.8) is 0 Å². The second-order valence-corrected chi connectivity index (χ2v) is 8.89. The van der Waals surface area contributed by atoms with Gasteiger partial charge in [-0.05, 0) is 42.5 Å². The van der Waals surface area contributed by atoms with E-state index in [-0.39, 0.29) is 12.1 Å². The molecule has 4 heterocycles. The highest BCUT2D eigenvalue weighted by molar-refractivity contribution is 5.83. The Morgan fingerprint density at radius 2 is 1.79 bits per heavy atom. The lowest BCUT2D eigenvalue weighted by Crippen LogP contribution is -2.26. The van der Waals surface area contributed by atoms with E-state index in [0.29, 0.717) is 13.2 Å². The number of aromatic nitrogens is 4. The average molecular weight is 442 g/mol. The molecule has 168 valence electrons. The highest BCUT2D eigenvalue weighted by Crippen LogP contribution is 2.32. The second kappa shape index (κ2) is 8.57. The van der Waals surface area contributed by atoms with Crippen LogP contribution in [0.25, 0.3) is 22.2 Å². The number of aliphatic hydroxyl groups excluding tert-OH is 1. The number of rotatable bonds is 3. The standard InChI is InChI=1S/C26H27N5O2/c32-21-7-4-11-30(12-10-21)26-27-14-20(15-28-26)19-8-9-22-23(13-19)31-24(16-33-17-25(31)29-22)18-5-2-1-3-6-18/h1-3,5-6,8-9,13-15,21,24,32H,4,7,10-12,16-17H2/t21?,24-/m1/s1. The summed E-state index contributed by atoms with van der Waals surface area (Å²) in [6.07, 6.45) is 6.15. The van der Waals surface area contributed by atoms with Crippen LogP contribution in [0.15, 0.2) is 60.9 Å². The molecule has 6 rings (SSSR count). The molecule has 7 nitrogen and oxygen atoms in total. The molecule has 0 amide bonds. The Morgan fingerprint density at radius 1 is 0.939 bits per heavy atom. The lowest BCUT2D eigenvalue weighted by atomic mass is 10.1. The molecule has 0 aliphatic carbocycles. The van der Waals surface area contributed by atoms with Crippen LogP contribution in [0.1, 0.15) is 36.7 Å². The summed E-state index contributed by atoms with van der Waals surface area (Å²) in [5, 5.41) is 9.91. The van der Waals surface area contributed by atoms with E-state index in [0.717, 1.165) is 66.3 Å². The van der Waals surface area contributed by atoms with Gasteiger partial charge in [0.15, 0.2) is 0 Å². The van der Waals surface area contributed by atoms with Crippen LogP contribution in [-0.2, 0) is 11.3 Å². The molecule has 1 unspecified atom stereocenters. The van der Waals surface area contributed by atoms with E-state index >= 15 is 0 Å². The summed E-state index contributed by atoms with van der Waals surface area (Å²) in [5.74, 6) is 1.69. The van der Waals surface area contributed by atoms with E-state index in [9.17, 15) is 5.11 Å². The molecule has 4 aromatic rings. The van der Waals surface area contributed by atoms with Crippen molar-refractivity contribution in [2.24, 2.45) is 0 Å². The molecule has 1 saturated heterocycles. The first kappa shape index (κ1) is 20.3. The fourth-order valence-electron chi connectivity index (χ4n) is 4.94. The zero-order chi connectivity index (χ0) is 22.2. The summed E-state index contributed by atoms with van der Waals surface area (Å²) in [7, 11) is 0. The van der Waals surface area contributed by atoms with E-state index in [1.165, 1.54) is 5.56 Å². The summed E-state index contributed by atoms with van der Waals surface area (Å²) in [5.41, 5.74) is 5.35. The molecular formula is C26H27N5O2. The van der Waals surface area contributed by atoms with Crippen LogP contribution in [0.2, 0.25) is 0 Å². The predicted molar refractivity (Wildman–Crippen MR) is 127 cm³/mol. The summed E-state index contributed by atoms with van der Waals surface area (Å²) < 4.78 is 8.18. The lowest BCUT2D eigenvalue weighted by Gasteiger charge is -2.26. The second-order valence-electron chi connectivity index (χ2n) is 8.89. The van der Waals surface area contributed by atoms with Gasteiger partial charge in [-0.3, -0.25) is 0 Å². The van der Waals surface area contributed by atoms with Crippen LogP contribution >= 0.6 is 0 Å². The zero-order valence-corrected chi connectivity index (χ0v) is 18.5. The van der Waals surface area contributed by atoms with Gasteiger partial charge >= 0.3 is 0 Å². The largest absolute Gasteiger partial charge is 0.393 e. The number of fused-ring (bicyclic) bond motifs is 3. The molecule has 0 spiro atoms. The average Bonchev–Trinajstić information content (AvgIpc) is 3.10. The molecule has 2 aromatic carbocycles. The third-order valence-electron chi connectivity index (χ3n) is 6.72. The van der Waals surface area contributed by atoms with Gasteiger partial charge in [-0.15, -0.1) is 0 Å². The maximum absolute atomic E-state index is 9.91. The summed E-state index contributed by atoms with van der Waals surface area (Å²) >= 11 is 0. The molecule has 2 aromatic heterocycles. The van der Waals surface area contributed by atoms with Crippen molar-refractivity contribution in [2.45, 2.75) is 38.0 Å². The fraction of sp³-hybridized carbons (Fsp3) is 0.346. The zero-order valence-electron chi connectivity index (χ0n) is 18.5. The SMILES string of the molecule is OC1CCCN(c2ncc(-c3ccc4nc5n(c4c3)[C@@H](c3ccccc3)COC5)cn2)CC1. The molecule has 0 bridgehead atoms. The van der Waals surface area contributed by atoms with E-state index < -0.39 is 0 Å². The van der Waals surface area contributed by atoms with Crippen LogP contribution in [0.3, 0.4) is 0 Å². The minimum Gasteiger partial charge on any atom is -0.393 e. The minimum atomic E-state index is -0.215. The normalized spacial score (nSPS) is 21.1. The summed E-state index contributed by atoms with van der Waals surface area (Å²) in [6.45, 7) is 2.83. The molecule has 0 radical (unpaired) electrons. The van der Waals surface area contributed by atoms with Crippen molar-refractivity contribution in [3.8, 4) is 11.1 Å². The molecule has 0 saturated carbocycles. The Bertz CT molecular complexity index is 1260. The fourth-order valence-corrected chi connectivity index (χ4v) is 4.94. The highest BCUT2D eigenvalue weighted by atomic mass is 16.5. The van der Waals surface area contributed by atoms with Gasteiger partial charge in [-0.2, -0.15) is 0 Å². The molecule has 2 atom stereocenters. The number of benzene rings is 2. The topological polar surface area (TPSA) is 76.3 Å². The van der Waals surface area contributed by atoms with Crippen LogP contribution < -0.4 is 4.90 Å². The molecular weight excluding hydrogens is 414 g/mol. The predicted octanol–water partition coefficient (Wildman–Crippen LogP) is 3.96. The van der Waals surface area contributed by atoms with E-state index in [1.807, 2.05) is 18.5 Å². The van der Waals surface area contributed by atoms with Crippen molar-refractivity contribution in [2.75, 3.05) is 24.6 Å². The smallest absolute Gasteiger partial charge is 0.225 e. The number of imidazole rings is 1. The number of anilines is 1. The van der Waals surface area contributed by atoms with Crippen LogP contribution in [0, 0.1) is 0 Å². The van der Waals surface area contributed by atoms with Crippen molar-refractivity contribution in [1.82, 2.24) is 19.5 Å². The van der Waals surface area contributed by atoms with Crippen molar-refractivity contribution in [3.05, 3.63) is 72.3 Å². The van der Waals surface area contributed by atoms with Crippen LogP contribution in [0.5, 0.6) is 0 Å². The minimum absolute atomic E-state index is 0.104. The van der Waals surface area contributed by atoms with Gasteiger partial charge in [-0.25, -0.2) is 15.0 Å². The van der Waals surface area contributed by atoms with Crippen LogP contribution in [-0.4, -0.2) is 50.4 Å².